The Labute approximate surface area is 86.0 Å². The fourth-order valence-corrected chi connectivity index (χ4v) is 2.66. The maximum atomic E-state index is 11.7. The van der Waals surface area contributed by atoms with E-state index in [1.807, 2.05) is 13.8 Å². The highest BCUT2D eigenvalue weighted by Crippen LogP contribution is 2.55. The van der Waals surface area contributed by atoms with Crippen molar-refractivity contribution >= 4 is 5.97 Å². The molecule has 0 bridgehead atoms. The van der Waals surface area contributed by atoms with E-state index < -0.39 is 5.41 Å². The number of carbonyl (C=O) groups is 1. The van der Waals surface area contributed by atoms with Gasteiger partial charge in [-0.05, 0) is 38.5 Å². The van der Waals surface area contributed by atoms with Crippen LogP contribution in [0.4, 0.5) is 0 Å². The van der Waals surface area contributed by atoms with Crippen LogP contribution < -0.4 is 5.73 Å². The molecule has 0 heterocycles. The summed E-state index contributed by atoms with van der Waals surface area (Å²) < 4.78 is 4.85. The molecule has 1 rings (SSSR count). The average molecular weight is 199 g/mol. The first kappa shape index (κ1) is 11.5. The molecule has 0 aliphatic heterocycles. The first-order valence-electron chi connectivity index (χ1n) is 5.23. The number of hydrogen-bond donors (Lipinski definition) is 1. The van der Waals surface area contributed by atoms with Gasteiger partial charge in [-0.3, -0.25) is 4.79 Å². The molecule has 82 valence electrons. The second kappa shape index (κ2) is 3.54. The normalized spacial score (nSPS) is 32.2. The van der Waals surface area contributed by atoms with Gasteiger partial charge in [0.2, 0.25) is 0 Å². The second-order valence-electron chi connectivity index (χ2n) is 4.92. The summed E-state index contributed by atoms with van der Waals surface area (Å²) in [7, 11) is 1.45. The molecule has 0 saturated heterocycles. The predicted octanol–water partition coefficient (Wildman–Crippen LogP) is 1.70. The van der Waals surface area contributed by atoms with Crippen molar-refractivity contribution < 1.29 is 9.53 Å². The van der Waals surface area contributed by atoms with E-state index in [9.17, 15) is 4.79 Å². The molecule has 0 unspecified atom stereocenters. The maximum Gasteiger partial charge on any atom is 0.311 e. The first-order chi connectivity index (χ1) is 6.39. The number of esters is 1. The van der Waals surface area contributed by atoms with Crippen molar-refractivity contribution in [2.75, 3.05) is 7.11 Å². The minimum absolute atomic E-state index is 0.0551. The van der Waals surface area contributed by atoms with E-state index in [4.69, 9.17) is 10.5 Å². The van der Waals surface area contributed by atoms with Gasteiger partial charge in [0.15, 0.2) is 0 Å². The molecule has 0 aromatic carbocycles. The molecule has 0 amide bonds. The summed E-state index contributed by atoms with van der Waals surface area (Å²) in [5, 5.41) is 0. The van der Waals surface area contributed by atoms with Crippen molar-refractivity contribution in [3.63, 3.8) is 0 Å². The van der Waals surface area contributed by atoms with Crippen molar-refractivity contribution in [2.24, 2.45) is 16.6 Å². The average Bonchev–Trinajstić information content (AvgIpc) is 2.10. The van der Waals surface area contributed by atoms with Gasteiger partial charge in [0.25, 0.3) is 0 Å². The Morgan fingerprint density at radius 1 is 1.57 bits per heavy atom. The number of methoxy groups -OCH3 is 1. The summed E-state index contributed by atoms with van der Waals surface area (Å²) in [5.41, 5.74) is 5.46. The Morgan fingerprint density at radius 2 is 2.07 bits per heavy atom. The van der Waals surface area contributed by atoms with Crippen LogP contribution in [-0.4, -0.2) is 19.1 Å². The monoisotopic (exact) mass is 199 g/mol. The van der Waals surface area contributed by atoms with Crippen LogP contribution in [-0.2, 0) is 9.53 Å². The van der Waals surface area contributed by atoms with Gasteiger partial charge in [0.05, 0.1) is 12.5 Å². The molecule has 0 radical (unpaired) electrons. The van der Waals surface area contributed by atoms with Crippen LogP contribution in [0.1, 0.15) is 40.0 Å². The summed E-state index contributed by atoms with van der Waals surface area (Å²) >= 11 is 0. The lowest BCUT2D eigenvalue weighted by Crippen LogP contribution is -2.56. The highest BCUT2D eigenvalue weighted by atomic mass is 16.5. The molecular formula is C11H21NO2. The van der Waals surface area contributed by atoms with Crippen LogP contribution >= 0.6 is 0 Å². The lowest BCUT2D eigenvalue weighted by Gasteiger charge is -2.54. The van der Waals surface area contributed by atoms with Crippen LogP contribution in [0.5, 0.6) is 0 Å². The van der Waals surface area contributed by atoms with E-state index in [1.165, 1.54) is 7.11 Å². The fraction of sp³-hybridized carbons (Fsp3) is 0.909. The van der Waals surface area contributed by atoms with Crippen molar-refractivity contribution in [2.45, 2.75) is 46.1 Å². The van der Waals surface area contributed by atoms with Gasteiger partial charge < -0.3 is 10.5 Å². The highest BCUT2D eigenvalue weighted by Gasteiger charge is 2.55. The predicted molar refractivity (Wildman–Crippen MR) is 55.7 cm³/mol. The van der Waals surface area contributed by atoms with E-state index in [-0.39, 0.29) is 17.4 Å². The third kappa shape index (κ3) is 1.44. The number of hydrogen-bond acceptors (Lipinski definition) is 3. The molecular weight excluding hydrogens is 178 g/mol. The third-order valence-electron chi connectivity index (χ3n) is 4.00. The molecule has 1 saturated carbocycles. The van der Waals surface area contributed by atoms with Gasteiger partial charge in [0, 0.05) is 6.04 Å². The molecule has 2 N–H and O–H groups in total. The van der Waals surface area contributed by atoms with Crippen molar-refractivity contribution in [3.8, 4) is 0 Å². The Balaban J connectivity index is 2.84. The van der Waals surface area contributed by atoms with Crippen LogP contribution in [0.25, 0.3) is 0 Å². The number of rotatable bonds is 3. The Hall–Kier alpha value is -0.570. The Kier molecular flexibility index (Phi) is 2.91. The molecule has 3 heteroatoms. The van der Waals surface area contributed by atoms with Gasteiger partial charge in [-0.25, -0.2) is 0 Å². The molecule has 1 aliphatic carbocycles. The van der Waals surface area contributed by atoms with E-state index in [0.29, 0.717) is 0 Å². The number of ether oxygens (including phenoxy) is 1. The number of nitrogens with two attached hydrogens (primary N) is 1. The van der Waals surface area contributed by atoms with Gasteiger partial charge in [-0.2, -0.15) is 0 Å². The summed E-state index contributed by atoms with van der Waals surface area (Å²) in [6, 6.07) is 0.263. The lowest BCUT2D eigenvalue weighted by atomic mass is 9.51. The van der Waals surface area contributed by atoms with Crippen molar-refractivity contribution in [1.29, 1.82) is 0 Å². The van der Waals surface area contributed by atoms with Gasteiger partial charge in [-0.1, -0.05) is 6.92 Å². The molecule has 1 aliphatic rings. The third-order valence-corrected chi connectivity index (χ3v) is 4.00. The minimum Gasteiger partial charge on any atom is -0.469 e. The van der Waals surface area contributed by atoms with E-state index in [0.717, 1.165) is 19.3 Å². The summed E-state index contributed by atoms with van der Waals surface area (Å²) in [6.45, 7) is 6.05. The Morgan fingerprint density at radius 3 is 2.36 bits per heavy atom. The van der Waals surface area contributed by atoms with Crippen LogP contribution in [0.15, 0.2) is 0 Å². The van der Waals surface area contributed by atoms with Crippen LogP contribution in [0.2, 0.25) is 0 Å². The Bertz CT molecular complexity index is 229. The summed E-state index contributed by atoms with van der Waals surface area (Å²) in [6.07, 6.45) is 2.86. The summed E-state index contributed by atoms with van der Waals surface area (Å²) in [5.74, 6) is -0.119. The van der Waals surface area contributed by atoms with Gasteiger partial charge >= 0.3 is 5.97 Å². The first-order valence-corrected chi connectivity index (χ1v) is 5.23. The fourth-order valence-electron chi connectivity index (χ4n) is 2.66. The smallest absolute Gasteiger partial charge is 0.311 e. The second-order valence-corrected chi connectivity index (χ2v) is 4.92. The standard InChI is InChI=1S/C11H21NO2/c1-5-11(6-8(12)7-11)10(2,3)9(13)14-4/h8H,5-7,12H2,1-4H3. The zero-order chi connectivity index (χ0) is 11.0. The summed E-state index contributed by atoms with van der Waals surface area (Å²) in [4.78, 5) is 11.7. The van der Waals surface area contributed by atoms with E-state index in [2.05, 4.69) is 6.92 Å². The lowest BCUT2D eigenvalue weighted by molar-refractivity contribution is -0.166. The van der Waals surface area contributed by atoms with Crippen molar-refractivity contribution in [1.82, 2.24) is 0 Å². The van der Waals surface area contributed by atoms with Gasteiger partial charge in [0.1, 0.15) is 0 Å². The molecule has 0 spiro atoms. The maximum absolute atomic E-state index is 11.7. The molecule has 0 atom stereocenters. The highest BCUT2D eigenvalue weighted by molar-refractivity contribution is 5.77. The molecule has 0 aromatic rings. The molecule has 1 fully saturated rings. The quantitative estimate of drug-likeness (QED) is 0.704. The molecule has 0 aromatic heterocycles. The number of carbonyl (C=O) groups excluding carboxylic acids is 1. The van der Waals surface area contributed by atoms with Crippen LogP contribution in [0, 0.1) is 10.8 Å². The zero-order valence-corrected chi connectivity index (χ0v) is 9.59. The molecule has 14 heavy (non-hydrogen) atoms. The topological polar surface area (TPSA) is 52.3 Å². The van der Waals surface area contributed by atoms with E-state index in [1.54, 1.807) is 0 Å². The zero-order valence-electron chi connectivity index (χ0n) is 9.59. The van der Waals surface area contributed by atoms with E-state index >= 15 is 0 Å². The largest absolute Gasteiger partial charge is 0.469 e. The molecule has 3 nitrogen and oxygen atoms in total. The van der Waals surface area contributed by atoms with Gasteiger partial charge in [-0.15, -0.1) is 0 Å². The SMILES string of the molecule is CCC1(C(C)(C)C(=O)OC)CC(N)C1. The minimum atomic E-state index is -0.410. The van der Waals surface area contributed by atoms with Crippen LogP contribution in [0.3, 0.4) is 0 Å². The van der Waals surface area contributed by atoms with Crippen molar-refractivity contribution in [3.05, 3.63) is 0 Å².